The summed E-state index contributed by atoms with van der Waals surface area (Å²) in [6.45, 7) is 4.61. The highest BCUT2D eigenvalue weighted by Gasteiger charge is 2.23. The van der Waals surface area contributed by atoms with Crippen molar-refractivity contribution in [1.29, 1.82) is 0 Å². The van der Waals surface area contributed by atoms with E-state index in [4.69, 9.17) is 0 Å². The van der Waals surface area contributed by atoms with Crippen molar-refractivity contribution in [2.75, 3.05) is 25.0 Å². The Balaban J connectivity index is 1.59. The van der Waals surface area contributed by atoms with E-state index >= 15 is 0 Å². The molecule has 1 saturated carbocycles. The number of nitrogens with one attached hydrogen (secondary N) is 1. The number of hydrogen-bond acceptors (Lipinski definition) is 2. The first-order chi connectivity index (χ1) is 8.25. The van der Waals surface area contributed by atoms with E-state index in [1.165, 1.54) is 24.9 Å². The predicted octanol–water partition coefficient (Wildman–Crippen LogP) is 2.90. The normalized spacial score (nSPS) is 23.2. The van der Waals surface area contributed by atoms with Gasteiger partial charge in [0.25, 0.3) is 0 Å². The molecule has 1 fully saturated rings. The smallest absolute Gasteiger partial charge is 0.0363 e. The van der Waals surface area contributed by atoms with Gasteiger partial charge in [0, 0.05) is 25.3 Å². The van der Waals surface area contributed by atoms with Gasteiger partial charge in [-0.1, -0.05) is 25.1 Å². The van der Waals surface area contributed by atoms with Gasteiger partial charge in [-0.3, -0.25) is 0 Å². The summed E-state index contributed by atoms with van der Waals surface area (Å²) in [5.41, 5.74) is 1.31. The van der Waals surface area contributed by atoms with Crippen molar-refractivity contribution < 1.29 is 0 Å². The largest absolute Gasteiger partial charge is 0.375 e. The highest BCUT2D eigenvalue weighted by molar-refractivity contribution is 5.44. The average Bonchev–Trinajstić information content (AvgIpc) is 2.32. The lowest BCUT2D eigenvalue weighted by molar-refractivity contribution is 0.242. The summed E-state index contributed by atoms with van der Waals surface area (Å²) in [7, 11) is 2.17. The topological polar surface area (TPSA) is 15.3 Å². The van der Waals surface area contributed by atoms with Crippen LogP contribution in [0.1, 0.15) is 26.2 Å². The van der Waals surface area contributed by atoms with Gasteiger partial charge in [0.1, 0.15) is 0 Å². The SMILES string of the molecule is CC1CC(NCCCN(C)c2ccccc2)C1. The zero-order valence-electron chi connectivity index (χ0n) is 11.0. The third-order valence-electron chi connectivity index (χ3n) is 3.67. The van der Waals surface area contributed by atoms with Crippen LogP contribution < -0.4 is 10.2 Å². The van der Waals surface area contributed by atoms with Crippen molar-refractivity contribution in [2.45, 2.75) is 32.2 Å². The summed E-state index contributed by atoms with van der Waals surface area (Å²) < 4.78 is 0. The molecule has 0 amide bonds. The Bertz CT molecular complexity index is 317. The molecule has 2 nitrogen and oxygen atoms in total. The fraction of sp³-hybridized carbons (Fsp3) is 0.600. The fourth-order valence-corrected chi connectivity index (χ4v) is 2.50. The lowest BCUT2D eigenvalue weighted by Gasteiger charge is -2.33. The molecule has 0 saturated heterocycles. The van der Waals surface area contributed by atoms with E-state index in [1.807, 2.05) is 0 Å². The van der Waals surface area contributed by atoms with Gasteiger partial charge >= 0.3 is 0 Å². The molecule has 1 aliphatic carbocycles. The number of nitrogens with zero attached hydrogens (tertiary/aromatic N) is 1. The summed E-state index contributed by atoms with van der Waals surface area (Å²) in [5.74, 6) is 0.944. The summed E-state index contributed by atoms with van der Waals surface area (Å²) in [4.78, 5) is 2.32. The average molecular weight is 232 g/mol. The van der Waals surface area contributed by atoms with E-state index in [-0.39, 0.29) is 0 Å². The Kier molecular flexibility index (Phi) is 4.43. The van der Waals surface area contributed by atoms with Crippen molar-refractivity contribution in [1.82, 2.24) is 5.32 Å². The highest BCUT2D eigenvalue weighted by atomic mass is 15.1. The van der Waals surface area contributed by atoms with Crippen LogP contribution in [0.15, 0.2) is 30.3 Å². The lowest BCUT2D eigenvalue weighted by atomic mass is 9.82. The van der Waals surface area contributed by atoms with E-state index in [2.05, 4.69) is 54.5 Å². The Morgan fingerprint density at radius 3 is 2.59 bits per heavy atom. The van der Waals surface area contributed by atoms with Crippen LogP contribution in [0.2, 0.25) is 0 Å². The molecule has 0 aromatic heterocycles. The monoisotopic (exact) mass is 232 g/mol. The molecular formula is C15H24N2. The van der Waals surface area contributed by atoms with Crippen molar-refractivity contribution in [3.8, 4) is 0 Å². The molecule has 0 radical (unpaired) electrons. The molecule has 0 unspecified atom stereocenters. The number of anilines is 1. The zero-order valence-corrected chi connectivity index (χ0v) is 11.0. The van der Waals surface area contributed by atoms with Crippen LogP contribution >= 0.6 is 0 Å². The molecule has 2 rings (SSSR count). The van der Waals surface area contributed by atoms with Gasteiger partial charge in [0.05, 0.1) is 0 Å². The molecule has 0 aliphatic heterocycles. The first-order valence-corrected chi connectivity index (χ1v) is 6.75. The Hall–Kier alpha value is -1.02. The predicted molar refractivity (Wildman–Crippen MR) is 74.5 cm³/mol. The Labute approximate surface area is 105 Å². The van der Waals surface area contributed by atoms with Gasteiger partial charge < -0.3 is 10.2 Å². The van der Waals surface area contributed by atoms with Crippen molar-refractivity contribution >= 4 is 5.69 Å². The number of rotatable bonds is 6. The van der Waals surface area contributed by atoms with E-state index < -0.39 is 0 Å². The molecular weight excluding hydrogens is 208 g/mol. The highest BCUT2D eigenvalue weighted by Crippen LogP contribution is 2.26. The Morgan fingerprint density at radius 2 is 1.94 bits per heavy atom. The fourth-order valence-electron chi connectivity index (χ4n) is 2.50. The third kappa shape index (κ3) is 3.74. The van der Waals surface area contributed by atoms with Gasteiger partial charge in [-0.25, -0.2) is 0 Å². The second-order valence-electron chi connectivity index (χ2n) is 5.34. The summed E-state index contributed by atoms with van der Waals surface area (Å²) >= 11 is 0. The number of hydrogen-bond donors (Lipinski definition) is 1. The zero-order chi connectivity index (χ0) is 12.1. The second-order valence-corrected chi connectivity index (χ2v) is 5.34. The minimum atomic E-state index is 0.798. The Morgan fingerprint density at radius 1 is 1.24 bits per heavy atom. The molecule has 94 valence electrons. The van der Waals surface area contributed by atoms with Gasteiger partial charge in [0.15, 0.2) is 0 Å². The quantitative estimate of drug-likeness (QED) is 0.759. The van der Waals surface area contributed by atoms with E-state index in [9.17, 15) is 0 Å². The van der Waals surface area contributed by atoms with Crippen molar-refractivity contribution in [3.05, 3.63) is 30.3 Å². The molecule has 1 aromatic carbocycles. The molecule has 17 heavy (non-hydrogen) atoms. The van der Waals surface area contributed by atoms with Crippen LogP contribution in [-0.4, -0.2) is 26.2 Å². The van der Waals surface area contributed by atoms with Crippen molar-refractivity contribution in [2.24, 2.45) is 5.92 Å². The molecule has 1 N–H and O–H groups in total. The van der Waals surface area contributed by atoms with E-state index in [1.54, 1.807) is 0 Å². The number of benzene rings is 1. The second kappa shape index (κ2) is 6.06. The third-order valence-corrected chi connectivity index (χ3v) is 3.67. The molecule has 0 heterocycles. The van der Waals surface area contributed by atoms with Crippen molar-refractivity contribution in [3.63, 3.8) is 0 Å². The first-order valence-electron chi connectivity index (χ1n) is 6.75. The minimum Gasteiger partial charge on any atom is -0.375 e. The van der Waals surface area contributed by atoms with Crippen LogP contribution in [0, 0.1) is 5.92 Å². The molecule has 0 bridgehead atoms. The molecule has 0 atom stereocenters. The van der Waals surface area contributed by atoms with Crippen LogP contribution in [0.4, 0.5) is 5.69 Å². The minimum absolute atomic E-state index is 0.798. The maximum absolute atomic E-state index is 3.63. The van der Waals surface area contributed by atoms with Gasteiger partial charge in [-0.05, 0) is 43.9 Å². The van der Waals surface area contributed by atoms with Crippen LogP contribution in [0.3, 0.4) is 0 Å². The lowest BCUT2D eigenvalue weighted by Crippen LogP contribution is -2.41. The summed E-state index contributed by atoms with van der Waals surface area (Å²) in [6.07, 6.45) is 3.96. The van der Waals surface area contributed by atoms with E-state index in [0.717, 1.165) is 25.0 Å². The first kappa shape index (κ1) is 12.4. The van der Waals surface area contributed by atoms with Crippen LogP contribution in [0.5, 0.6) is 0 Å². The molecule has 1 aliphatic rings. The molecule has 0 spiro atoms. The molecule has 1 aromatic rings. The van der Waals surface area contributed by atoms with Gasteiger partial charge in [-0.15, -0.1) is 0 Å². The van der Waals surface area contributed by atoms with Gasteiger partial charge in [0.2, 0.25) is 0 Å². The standard InChI is InChI=1S/C15H24N2/c1-13-11-14(12-13)16-9-6-10-17(2)15-7-4-3-5-8-15/h3-5,7-8,13-14,16H,6,9-12H2,1-2H3. The van der Waals surface area contributed by atoms with Crippen LogP contribution in [0.25, 0.3) is 0 Å². The molecule has 2 heteroatoms. The van der Waals surface area contributed by atoms with Gasteiger partial charge in [-0.2, -0.15) is 0 Å². The van der Waals surface area contributed by atoms with Crippen LogP contribution in [-0.2, 0) is 0 Å². The number of para-hydroxylation sites is 1. The maximum atomic E-state index is 3.63. The van der Waals surface area contributed by atoms with E-state index in [0.29, 0.717) is 0 Å². The maximum Gasteiger partial charge on any atom is 0.0363 e. The summed E-state index contributed by atoms with van der Waals surface area (Å²) in [6, 6.07) is 11.4. The summed E-state index contributed by atoms with van der Waals surface area (Å²) in [5, 5.41) is 3.63.